The molecule has 0 amide bonds. The lowest BCUT2D eigenvalue weighted by atomic mass is 10.1. The quantitative estimate of drug-likeness (QED) is 0.362. The second kappa shape index (κ2) is 4.51. The number of azide groups is 1. The summed E-state index contributed by atoms with van der Waals surface area (Å²) in [5.74, 6) is -1.07. The fraction of sp³-hybridized carbons (Fsp3) is 0.364. The molecule has 0 radical (unpaired) electrons. The van der Waals surface area contributed by atoms with Crippen molar-refractivity contribution in [3.05, 3.63) is 38.2 Å². The Bertz CT molecular complexity index is 565. The Morgan fingerprint density at radius 1 is 1.44 bits per heavy atom. The van der Waals surface area contributed by atoms with Gasteiger partial charge in [-0.3, -0.25) is 0 Å². The Balaban J connectivity index is 2.57. The van der Waals surface area contributed by atoms with Crippen molar-refractivity contribution in [1.82, 2.24) is 0 Å². The van der Waals surface area contributed by atoms with Gasteiger partial charge in [0.15, 0.2) is 5.75 Å². The number of cyclic esters (lactones) is 1. The van der Waals surface area contributed by atoms with Crippen LogP contribution in [0.15, 0.2) is 21.7 Å². The van der Waals surface area contributed by atoms with E-state index >= 15 is 0 Å². The second-order valence-electron chi connectivity index (χ2n) is 4.19. The minimum atomic E-state index is -1.01. The summed E-state index contributed by atoms with van der Waals surface area (Å²) in [6.45, 7) is 3.38. The molecule has 2 rings (SSSR count). The summed E-state index contributed by atoms with van der Waals surface area (Å²) in [5, 5.41) is 3.45. The molecule has 18 heavy (non-hydrogen) atoms. The van der Waals surface area contributed by atoms with E-state index in [-0.39, 0.29) is 6.54 Å². The van der Waals surface area contributed by atoms with Gasteiger partial charge < -0.3 is 9.47 Å². The number of carbonyl (C=O) groups excluding carboxylic acids is 1. The molecule has 0 N–H and O–H groups in total. The molecule has 0 fully saturated rings. The number of carbonyl (C=O) groups is 1. The summed E-state index contributed by atoms with van der Waals surface area (Å²) in [4.78, 5) is 14.7. The van der Waals surface area contributed by atoms with Crippen LogP contribution < -0.4 is 4.74 Å². The maximum Gasteiger partial charge on any atom is 0.345 e. The van der Waals surface area contributed by atoms with E-state index in [1.165, 1.54) is 0 Å². The van der Waals surface area contributed by atoms with E-state index in [1.54, 1.807) is 26.0 Å². The molecule has 0 atom stereocenters. The van der Waals surface area contributed by atoms with Crippen molar-refractivity contribution < 1.29 is 14.3 Å². The van der Waals surface area contributed by atoms with Gasteiger partial charge in [0.25, 0.3) is 0 Å². The molecule has 1 aromatic carbocycles. The molecular weight excluding hydrogens is 302 g/mol. The number of nitrogens with zero attached hydrogens (tertiary/aromatic N) is 3. The number of hydrogen-bond acceptors (Lipinski definition) is 4. The summed E-state index contributed by atoms with van der Waals surface area (Å²) in [7, 11) is 0. The van der Waals surface area contributed by atoms with Gasteiger partial charge in [-0.1, -0.05) is 11.2 Å². The molecule has 1 heterocycles. The minimum absolute atomic E-state index is 0.0744. The lowest BCUT2D eigenvalue weighted by molar-refractivity contribution is -0.127. The molecule has 1 aliphatic rings. The molecule has 0 bridgehead atoms. The summed E-state index contributed by atoms with van der Waals surface area (Å²) in [5.41, 5.74) is 9.21. The molecule has 6 nitrogen and oxygen atoms in total. The first-order valence-corrected chi connectivity index (χ1v) is 5.98. The summed E-state index contributed by atoms with van der Waals surface area (Å²) >= 11 is 3.33. The van der Waals surface area contributed by atoms with E-state index in [1.807, 2.05) is 0 Å². The molecule has 0 aliphatic carbocycles. The van der Waals surface area contributed by atoms with E-state index in [0.29, 0.717) is 21.3 Å². The van der Waals surface area contributed by atoms with Crippen LogP contribution in [-0.2, 0) is 11.3 Å². The maximum absolute atomic E-state index is 12.0. The fourth-order valence-corrected chi connectivity index (χ4v) is 2.11. The molecule has 0 saturated heterocycles. The first kappa shape index (κ1) is 12.7. The van der Waals surface area contributed by atoms with Crippen molar-refractivity contribution in [3.63, 3.8) is 0 Å². The molecular formula is C11H10BrN3O3. The highest BCUT2D eigenvalue weighted by Gasteiger charge is 2.36. The number of esters is 1. The number of hydrogen-bond donors (Lipinski definition) is 0. The highest BCUT2D eigenvalue weighted by molar-refractivity contribution is 9.10. The van der Waals surface area contributed by atoms with Gasteiger partial charge in [-0.05, 0) is 33.1 Å². The van der Waals surface area contributed by atoms with Gasteiger partial charge in [-0.25, -0.2) is 4.79 Å². The van der Waals surface area contributed by atoms with Gasteiger partial charge in [-0.2, -0.15) is 0 Å². The topological polar surface area (TPSA) is 84.3 Å². The number of halogens is 1. The van der Waals surface area contributed by atoms with Crippen LogP contribution in [0.1, 0.15) is 29.8 Å². The van der Waals surface area contributed by atoms with E-state index in [4.69, 9.17) is 15.0 Å². The molecule has 1 aliphatic heterocycles. The monoisotopic (exact) mass is 311 g/mol. The SMILES string of the molecule is CC1(C)OC(=O)c2c(CN=[N+]=[N-])ccc(Br)c2O1. The standard InChI is InChI=1S/C11H10BrN3O3/c1-11(2)17-9-7(12)4-3-6(5-14-15-13)8(9)10(16)18-11/h3-4H,5H2,1-2H3. The molecule has 0 aromatic heterocycles. The third-order valence-corrected chi connectivity index (χ3v) is 3.02. The lowest BCUT2D eigenvalue weighted by Gasteiger charge is -2.33. The summed E-state index contributed by atoms with van der Waals surface area (Å²) < 4.78 is 11.4. The van der Waals surface area contributed by atoms with Gasteiger partial charge in [-0.15, -0.1) is 0 Å². The zero-order valence-corrected chi connectivity index (χ0v) is 11.4. The predicted molar refractivity (Wildman–Crippen MR) is 67.1 cm³/mol. The third kappa shape index (κ3) is 2.27. The summed E-state index contributed by atoms with van der Waals surface area (Å²) in [6, 6.07) is 3.44. The van der Waals surface area contributed by atoms with Crippen molar-refractivity contribution >= 4 is 21.9 Å². The zero-order valence-electron chi connectivity index (χ0n) is 9.81. The molecule has 0 spiro atoms. The van der Waals surface area contributed by atoms with Gasteiger partial charge in [0.05, 0.1) is 11.0 Å². The second-order valence-corrected chi connectivity index (χ2v) is 5.05. The molecule has 1 aromatic rings. The van der Waals surface area contributed by atoms with Crippen LogP contribution in [-0.4, -0.2) is 11.8 Å². The zero-order chi connectivity index (χ0) is 13.3. The average Bonchev–Trinajstić information content (AvgIpc) is 2.27. The highest BCUT2D eigenvalue weighted by atomic mass is 79.9. The van der Waals surface area contributed by atoms with Crippen molar-refractivity contribution in [3.8, 4) is 5.75 Å². The smallest absolute Gasteiger partial charge is 0.345 e. The Hall–Kier alpha value is -1.72. The first-order valence-electron chi connectivity index (χ1n) is 5.19. The van der Waals surface area contributed by atoms with Gasteiger partial charge >= 0.3 is 5.97 Å². The fourth-order valence-electron chi connectivity index (χ4n) is 1.70. The number of rotatable bonds is 2. The number of benzene rings is 1. The summed E-state index contributed by atoms with van der Waals surface area (Å²) in [6.07, 6.45) is 0. The minimum Gasteiger partial charge on any atom is -0.451 e. The van der Waals surface area contributed by atoms with Crippen LogP contribution in [0.4, 0.5) is 0 Å². The van der Waals surface area contributed by atoms with Crippen molar-refractivity contribution in [2.45, 2.75) is 26.2 Å². The molecule has 0 unspecified atom stereocenters. The van der Waals surface area contributed by atoms with Gasteiger partial charge in [0.1, 0.15) is 5.56 Å². The first-order chi connectivity index (χ1) is 8.44. The Labute approximate surface area is 112 Å². The van der Waals surface area contributed by atoms with E-state index in [2.05, 4.69) is 26.0 Å². The maximum atomic E-state index is 12.0. The van der Waals surface area contributed by atoms with Crippen molar-refractivity contribution in [2.24, 2.45) is 5.11 Å². The highest BCUT2D eigenvalue weighted by Crippen LogP contribution is 2.39. The van der Waals surface area contributed by atoms with E-state index in [0.717, 1.165) is 0 Å². The van der Waals surface area contributed by atoms with Crippen molar-refractivity contribution in [1.29, 1.82) is 0 Å². The largest absolute Gasteiger partial charge is 0.451 e. The molecule has 0 saturated carbocycles. The Morgan fingerprint density at radius 3 is 2.83 bits per heavy atom. The van der Waals surface area contributed by atoms with Crippen LogP contribution in [0.25, 0.3) is 10.4 Å². The Morgan fingerprint density at radius 2 is 2.17 bits per heavy atom. The number of ether oxygens (including phenoxy) is 2. The van der Waals surface area contributed by atoms with E-state index < -0.39 is 11.8 Å². The molecule has 94 valence electrons. The van der Waals surface area contributed by atoms with Gasteiger partial charge in [0.2, 0.25) is 5.79 Å². The van der Waals surface area contributed by atoms with Crippen LogP contribution in [0.2, 0.25) is 0 Å². The average molecular weight is 312 g/mol. The lowest BCUT2D eigenvalue weighted by Crippen LogP contribution is -2.39. The van der Waals surface area contributed by atoms with Crippen molar-refractivity contribution in [2.75, 3.05) is 0 Å². The number of fused-ring (bicyclic) bond motifs is 1. The third-order valence-electron chi connectivity index (χ3n) is 2.39. The Kier molecular flexibility index (Phi) is 3.19. The van der Waals surface area contributed by atoms with Crippen LogP contribution >= 0.6 is 15.9 Å². The van der Waals surface area contributed by atoms with Gasteiger partial charge in [0, 0.05) is 18.8 Å². The molecule has 7 heteroatoms. The predicted octanol–water partition coefficient (Wildman–Crippen LogP) is 3.54. The van der Waals surface area contributed by atoms with E-state index in [9.17, 15) is 4.79 Å². The van der Waals surface area contributed by atoms with Crippen LogP contribution in [0, 0.1) is 0 Å². The normalized spacial score (nSPS) is 16.1. The van der Waals surface area contributed by atoms with Crippen LogP contribution in [0.3, 0.4) is 0 Å². The van der Waals surface area contributed by atoms with Crippen LogP contribution in [0.5, 0.6) is 5.75 Å².